The summed E-state index contributed by atoms with van der Waals surface area (Å²) in [5.41, 5.74) is 8.65. The number of nitrogens with one attached hydrogen (secondary N) is 1. The van der Waals surface area contributed by atoms with E-state index < -0.39 is 0 Å². The molecule has 0 unspecified atom stereocenters. The average Bonchev–Trinajstić information content (AvgIpc) is 2.86. The number of pyridine rings is 1. The summed E-state index contributed by atoms with van der Waals surface area (Å²) in [6.45, 7) is 5.39. The maximum atomic E-state index is 5.83. The molecule has 110 valence electrons. The molecule has 1 heterocycles. The van der Waals surface area contributed by atoms with Crippen molar-refractivity contribution in [1.29, 1.82) is 0 Å². The first kappa shape index (κ1) is 15.2. The van der Waals surface area contributed by atoms with Gasteiger partial charge in [0.15, 0.2) is 0 Å². The molecular weight excluding hydrogens is 270 g/mol. The number of nitrogens with two attached hydrogens (primary N) is 1. The number of rotatable bonds is 6. The van der Waals surface area contributed by atoms with Crippen LogP contribution in [0.15, 0.2) is 6.07 Å². The Balaban J connectivity index is 1.92. The number of nitrogens with zero attached hydrogens (tertiary/aromatic N) is 1. The maximum Gasteiger partial charge on any atom is 0.136 e. The van der Waals surface area contributed by atoms with Crippen LogP contribution in [-0.2, 0) is 4.74 Å². The summed E-state index contributed by atoms with van der Waals surface area (Å²) in [5.74, 6) is 0.769. The number of hydrogen-bond acceptors (Lipinski definition) is 4. The Morgan fingerprint density at radius 3 is 2.80 bits per heavy atom. The summed E-state index contributed by atoms with van der Waals surface area (Å²) in [6, 6.07) is 1.99. The van der Waals surface area contributed by atoms with Crippen molar-refractivity contribution in [2.75, 3.05) is 18.5 Å². The maximum absolute atomic E-state index is 5.83. The van der Waals surface area contributed by atoms with Crippen LogP contribution in [-0.4, -0.2) is 29.2 Å². The molecule has 1 fully saturated rings. The van der Waals surface area contributed by atoms with Gasteiger partial charge >= 0.3 is 0 Å². The fourth-order valence-corrected chi connectivity index (χ4v) is 2.98. The van der Waals surface area contributed by atoms with Crippen LogP contribution < -0.4 is 11.1 Å². The Hall–Kier alpha value is -1.20. The van der Waals surface area contributed by atoms with Gasteiger partial charge in [-0.05, 0) is 38.3 Å². The summed E-state index contributed by atoms with van der Waals surface area (Å²) in [7, 11) is 0. The van der Waals surface area contributed by atoms with Crippen LogP contribution in [0.3, 0.4) is 0 Å². The lowest BCUT2D eigenvalue weighted by molar-refractivity contribution is 0.0658. The highest BCUT2D eigenvalue weighted by molar-refractivity contribution is 7.80. The molecule has 2 rings (SSSR count). The van der Waals surface area contributed by atoms with Gasteiger partial charge < -0.3 is 15.8 Å². The Bertz CT molecular complexity index is 484. The third-order valence-corrected chi connectivity index (χ3v) is 3.85. The highest BCUT2D eigenvalue weighted by Gasteiger charge is 2.15. The Morgan fingerprint density at radius 2 is 2.15 bits per heavy atom. The zero-order chi connectivity index (χ0) is 14.5. The summed E-state index contributed by atoms with van der Waals surface area (Å²) in [4.78, 5) is 4.87. The summed E-state index contributed by atoms with van der Waals surface area (Å²) >= 11 is 5.11. The first-order valence-corrected chi connectivity index (χ1v) is 7.62. The third kappa shape index (κ3) is 3.90. The molecule has 1 aliphatic rings. The minimum absolute atomic E-state index is 0.384. The smallest absolute Gasteiger partial charge is 0.136 e. The molecule has 1 aromatic heterocycles. The normalized spacial score (nSPS) is 15.5. The van der Waals surface area contributed by atoms with Crippen molar-refractivity contribution in [3.8, 4) is 0 Å². The standard InChI is InChI=1S/C15H23N3OS/c1-10-9-11(2)18-15(13(10)14(16)20)17-7-8-19-12-5-3-4-6-12/h9,12H,3-8H2,1-2H3,(H2,16,20)(H,17,18). The molecule has 0 radical (unpaired) electrons. The second kappa shape index (κ2) is 6.99. The topological polar surface area (TPSA) is 60.2 Å². The van der Waals surface area contributed by atoms with Crippen LogP contribution in [0.5, 0.6) is 0 Å². The fourth-order valence-electron chi connectivity index (χ4n) is 2.73. The Morgan fingerprint density at radius 1 is 1.45 bits per heavy atom. The summed E-state index contributed by atoms with van der Waals surface area (Å²) < 4.78 is 5.83. The van der Waals surface area contributed by atoms with Crippen LogP contribution in [0, 0.1) is 13.8 Å². The van der Waals surface area contributed by atoms with Crippen LogP contribution in [0.2, 0.25) is 0 Å². The van der Waals surface area contributed by atoms with Crippen molar-refractivity contribution in [3.05, 3.63) is 22.9 Å². The predicted octanol–water partition coefficient (Wildman–Crippen LogP) is 2.70. The molecule has 0 bridgehead atoms. The van der Waals surface area contributed by atoms with Gasteiger partial charge in [0.2, 0.25) is 0 Å². The zero-order valence-corrected chi connectivity index (χ0v) is 13.1. The first-order chi connectivity index (χ1) is 9.58. The van der Waals surface area contributed by atoms with Crippen molar-refractivity contribution in [2.24, 2.45) is 5.73 Å². The Labute approximate surface area is 126 Å². The van der Waals surface area contributed by atoms with E-state index in [-0.39, 0.29) is 0 Å². The number of aryl methyl sites for hydroxylation is 2. The minimum Gasteiger partial charge on any atom is -0.389 e. The minimum atomic E-state index is 0.384. The zero-order valence-electron chi connectivity index (χ0n) is 12.2. The Kier molecular flexibility index (Phi) is 5.31. The fraction of sp³-hybridized carbons (Fsp3) is 0.600. The molecule has 0 spiro atoms. The highest BCUT2D eigenvalue weighted by Crippen LogP contribution is 2.21. The lowest BCUT2D eigenvalue weighted by atomic mass is 10.1. The van der Waals surface area contributed by atoms with Gasteiger partial charge in [-0.2, -0.15) is 0 Å². The SMILES string of the molecule is Cc1cc(C)c(C(N)=S)c(NCCOC2CCCC2)n1. The van der Waals surface area contributed by atoms with Gasteiger partial charge in [-0.1, -0.05) is 25.1 Å². The van der Waals surface area contributed by atoms with Crippen molar-refractivity contribution >= 4 is 23.0 Å². The van der Waals surface area contributed by atoms with E-state index in [2.05, 4.69) is 10.3 Å². The first-order valence-electron chi connectivity index (χ1n) is 7.21. The molecule has 0 atom stereocenters. The number of aromatic nitrogens is 1. The lowest BCUT2D eigenvalue weighted by Crippen LogP contribution is -2.20. The highest BCUT2D eigenvalue weighted by atomic mass is 32.1. The van der Waals surface area contributed by atoms with Crippen molar-refractivity contribution in [3.63, 3.8) is 0 Å². The second-order valence-corrected chi connectivity index (χ2v) is 5.81. The number of ether oxygens (including phenoxy) is 1. The van der Waals surface area contributed by atoms with E-state index >= 15 is 0 Å². The number of hydrogen-bond donors (Lipinski definition) is 2. The van der Waals surface area contributed by atoms with E-state index in [0.29, 0.717) is 17.7 Å². The molecule has 1 aliphatic carbocycles. The van der Waals surface area contributed by atoms with E-state index in [4.69, 9.17) is 22.7 Å². The molecule has 4 nitrogen and oxygen atoms in total. The molecule has 1 saturated carbocycles. The van der Waals surface area contributed by atoms with Gasteiger partial charge in [-0.15, -0.1) is 0 Å². The predicted molar refractivity (Wildman–Crippen MR) is 86.3 cm³/mol. The van der Waals surface area contributed by atoms with E-state index in [1.165, 1.54) is 25.7 Å². The van der Waals surface area contributed by atoms with Gasteiger partial charge in [0.1, 0.15) is 10.8 Å². The van der Waals surface area contributed by atoms with Crippen molar-refractivity contribution in [2.45, 2.75) is 45.6 Å². The molecule has 0 aromatic carbocycles. The lowest BCUT2D eigenvalue weighted by Gasteiger charge is -2.15. The molecule has 0 amide bonds. The molecule has 3 N–H and O–H groups in total. The average molecular weight is 293 g/mol. The van der Waals surface area contributed by atoms with Crippen LogP contribution in [0.1, 0.15) is 42.5 Å². The number of thiocarbonyl (C=S) groups is 1. The van der Waals surface area contributed by atoms with Crippen molar-refractivity contribution < 1.29 is 4.74 Å². The molecule has 0 aliphatic heterocycles. The van der Waals surface area contributed by atoms with Gasteiger partial charge in [0.25, 0.3) is 0 Å². The van der Waals surface area contributed by atoms with E-state index in [0.717, 1.165) is 29.2 Å². The summed E-state index contributed by atoms with van der Waals surface area (Å²) in [6.07, 6.45) is 5.42. The quantitative estimate of drug-likeness (QED) is 0.624. The van der Waals surface area contributed by atoms with E-state index in [9.17, 15) is 0 Å². The van der Waals surface area contributed by atoms with Gasteiger partial charge in [-0.3, -0.25) is 0 Å². The van der Waals surface area contributed by atoms with Gasteiger partial charge in [0, 0.05) is 12.2 Å². The van der Waals surface area contributed by atoms with E-state index in [1.807, 2.05) is 19.9 Å². The van der Waals surface area contributed by atoms with Crippen LogP contribution >= 0.6 is 12.2 Å². The largest absolute Gasteiger partial charge is 0.389 e. The van der Waals surface area contributed by atoms with Crippen molar-refractivity contribution in [1.82, 2.24) is 4.98 Å². The molecular formula is C15H23N3OS. The van der Waals surface area contributed by atoms with Crippen LogP contribution in [0.25, 0.3) is 0 Å². The summed E-state index contributed by atoms with van der Waals surface area (Å²) in [5, 5.41) is 3.30. The van der Waals surface area contributed by atoms with Gasteiger partial charge in [0.05, 0.1) is 18.3 Å². The second-order valence-electron chi connectivity index (χ2n) is 5.37. The molecule has 5 heteroatoms. The monoisotopic (exact) mass is 293 g/mol. The van der Waals surface area contributed by atoms with Crippen LogP contribution in [0.4, 0.5) is 5.82 Å². The third-order valence-electron chi connectivity index (χ3n) is 3.64. The molecule has 0 saturated heterocycles. The number of anilines is 1. The van der Waals surface area contributed by atoms with E-state index in [1.54, 1.807) is 0 Å². The molecule has 1 aromatic rings. The molecule has 20 heavy (non-hydrogen) atoms. The van der Waals surface area contributed by atoms with Gasteiger partial charge in [-0.25, -0.2) is 4.98 Å².